The number of carbonyl (C=O) groups excluding carboxylic acids is 1. The molecule has 0 N–H and O–H groups in total. The van der Waals surface area contributed by atoms with E-state index in [2.05, 4.69) is 26.0 Å². The van der Waals surface area contributed by atoms with Crippen molar-refractivity contribution in [3.8, 4) is 5.75 Å². The molecule has 4 heteroatoms. The van der Waals surface area contributed by atoms with E-state index in [4.69, 9.17) is 9.47 Å². The Morgan fingerprint density at radius 2 is 1.89 bits per heavy atom. The van der Waals surface area contributed by atoms with Crippen molar-refractivity contribution in [3.05, 3.63) is 28.8 Å². The molecule has 4 nitrogen and oxygen atoms in total. The van der Waals surface area contributed by atoms with Crippen LogP contribution in [0.5, 0.6) is 5.75 Å². The number of methoxy groups -OCH3 is 2. The van der Waals surface area contributed by atoms with Crippen LogP contribution in [0.4, 0.5) is 0 Å². The summed E-state index contributed by atoms with van der Waals surface area (Å²) in [5.74, 6) is 1.39. The summed E-state index contributed by atoms with van der Waals surface area (Å²) in [6, 6.07) is 4.30. The molecule has 1 fully saturated rings. The van der Waals surface area contributed by atoms with Crippen molar-refractivity contribution in [1.82, 2.24) is 4.90 Å². The molecule has 0 radical (unpaired) electrons. The minimum Gasteiger partial charge on any atom is -0.496 e. The lowest BCUT2D eigenvalue weighted by molar-refractivity contribution is -0.0325. The minimum absolute atomic E-state index is 0.0739. The van der Waals surface area contributed by atoms with Crippen molar-refractivity contribution in [2.24, 2.45) is 11.3 Å². The SMILES string of the molecule is CCN(CC)C(=O)c1cc2c(cc1OC)[C@@]1(C)CCC[C@](C)(COC)[C@@H]1CC2. The average molecular weight is 388 g/mol. The van der Waals surface area contributed by atoms with Crippen LogP contribution in [0.15, 0.2) is 12.1 Å². The zero-order valence-corrected chi connectivity index (χ0v) is 18.6. The number of nitrogens with zero attached hydrogens (tertiary/aromatic N) is 1. The summed E-state index contributed by atoms with van der Waals surface area (Å²) >= 11 is 0. The van der Waals surface area contributed by atoms with Crippen LogP contribution in [0.1, 0.15) is 74.9 Å². The van der Waals surface area contributed by atoms with E-state index < -0.39 is 0 Å². The smallest absolute Gasteiger partial charge is 0.257 e. The van der Waals surface area contributed by atoms with Crippen LogP contribution in [-0.4, -0.2) is 44.7 Å². The molecule has 2 aliphatic rings. The Hall–Kier alpha value is -1.55. The summed E-state index contributed by atoms with van der Waals surface area (Å²) in [5, 5.41) is 0. The van der Waals surface area contributed by atoms with Crippen LogP contribution in [0, 0.1) is 11.3 Å². The third kappa shape index (κ3) is 3.34. The Kier molecular flexibility index (Phi) is 6.09. The van der Waals surface area contributed by atoms with Gasteiger partial charge in [-0.3, -0.25) is 4.79 Å². The molecule has 1 amide bonds. The molecule has 156 valence electrons. The van der Waals surface area contributed by atoms with Crippen LogP contribution >= 0.6 is 0 Å². The monoisotopic (exact) mass is 387 g/mol. The van der Waals surface area contributed by atoms with Crippen molar-refractivity contribution < 1.29 is 14.3 Å². The maximum absolute atomic E-state index is 13.1. The second-order valence-electron chi connectivity index (χ2n) is 9.14. The van der Waals surface area contributed by atoms with Gasteiger partial charge in [0.2, 0.25) is 0 Å². The van der Waals surface area contributed by atoms with E-state index in [9.17, 15) is 4.79 Å². The average Bonchev–Trinajstić information content (AvgIpc) is 2.68. The zero-order valence-electron chi connectivity index (χ0n) is 18.6. The fourth-order valence-corrected chi connectivity index (χ4v) is 6.15. The fourth-order valence-electron chi connectivity index (χ4n) is 6.15. The van der Waals surface area contributed by atoms with E-state index in [1.54, 1.807) is 7.11 Å². The van der Waals surface area contributed by atoms with Crippen LogP contribution in [-0.2, 0) is 16.6 Å². The molecule has 2 aliphatic carbocycles. The lowest BCUT2D eigenvalue weighted by Gasteiger charge is -2.55. The van der Waals surface area contributed by atoms with E-state index in [1.807, 2.05) is 25.9 Å². The molecule has 0 unspecified atom stereocenters. The van der Waals surface area contributed by atoms with Gasteiger partial charge in [0, 0.05) is 20.2 Å². The Bertz CT molecular complexity index is 723. The molecule has 0 spiro atoms. The Morgan fingerprint density at radius 1 is 1.18 bits per heavy atom. The van der Waals surface area contributed by atoms with E-state index in [1.165, 1.54) is 30.4 Å². The number of fused-ring (bicyclic) bond motifs is 3. The zero-order chi connectivity index (χ0) is 20.5. The van der Waals surface area contributed by atoms with Crippen molar-refractivity contribution in [2.45, 2.75) is 65.2 Å². The van der Waals surface area contributed by atoms with Crippen molar-refractivity contribution >= 4 is 5.91 Å². The highest BCUT2D eigenvalue weighted by atomic mass is 16.5. The molecule has 0 aliphatic heterocycles. The second-order valence-corrected chi connectivity index (χ2v) is 9.14. The summed E-state index contributed by atoms with van der Waals surface area (Å²) in [5.41, 5.74) is 3.75. The molecule has 3 atom stereocenters. The molecule has 0 aromatic heterocycles. The highest BCUT2D eigenvalue weighted by Crippen LogP contribution is 2.57. The van der Waals surface area contributed by atoms with Crippen LogP contribution in [0.25, 0.3) is 0 Å². The molecular formula is C24H37NO3. The van der Waals surface area contributed by atoms with Gasteiger partial charge in [-0.2, -0.15) is 0 Å². The molecule has 1 saturated carbocycles. The fraction of sp³-hybridized carbons (Fsp3) is 0.708. The molecule has 3 rings (SSSR count). The number of aryl methyl sites for hydroxylation is 1. The maximum atomic E-state index is 13.1. The van der Waals surface area contributed by atoms with Gasteiger partial charge in [0.25, 0.3) is 5.91 Å². The predicted octanol–water partition coefficient (Wildman–Crippen LogP) is 4.83. The van der Waals surface area contributed by atoms with Crippen molar-refractivity contribution in [2.75, 3.05) is 33.9 Å². The third-order valence-corrected chi connectivity index (χ3v) is 7.55. The van der Waals surface area contributed by atoms with Gasteiger partial charge in [-0.05, 0) is 79.5 Å². The summed E-state index contributed by atoms with van der Waals surface area (Å²) in [6.45, 7) is 11.1. The van der Waals surface area contributed by atoms with Gasteiger partial charge in [-0.15, -0.1) is 0 Å². The van der Waals surface area contributed by atoms with Gasteiger partial charge in [-0.25, -0.2) is 0 Å². The first-order chi connectivity index (χ1) is 13.3. The first-order valence-electron chi connectivity index (χ1n) is 10.8. The van der Waals surface area contributed by atoms with Crippen LogP contribution in [0.2, 0.25) is 0 Å². The normalized spacial score (nSPS) is 29.0. The molecule has 28 heavy (non-hydrogen) atoms. The van der Waals surface area contributed by atoms with Gasteiger partial charge >= 0.3 is 0 Å². The molecule has 0 saturated heterocycles. The number of rotatable bonds is 6. The number of ether oxygens (including phenoxy) is 2. The van der Waals surface area contributed by atoms with E-state index in [0.717, 1.165) is 25.2 Å². The van der Waals surface area contributed by atoms with Gasteiger partial charge in [-0.1, -0.05) is 20.3 Å². The highest BCUT2D eigenvalue weighted by molar-refractivity contribution is 5.97. The van der Waals surface area contributed by atoms with Crippen molar-refractivity contribution in [3.63, 3.8) is 0 Å². The lowest BCUT2D eigenvalue weighted by Crippen LogP contribution is -2.50. The Morgan fingerprint density at radius 3 is 2.50 bits per heavy atom. The van der Waals surface area contributed by atoms with Gasteiger partial charge < -0.3 is 14.4 Å². The number of hydrogen-bond donors (Lipinski definition) is 0. The topological polar surface area (TPSA) is 38.8 Å². The first-order valence-corrected chi connectivity index (χ1v) is 10.8. The van der Waals surface area contributed by atoms with E-state index in [0.29, 0.717) is 24.6 Å². The first kappa shape index (κ1) is 21.2. The quantitative estimate of drug-likeness (QED) is 0.701. The minimum atomic E-state index is 0.0739. The van der Waals surface area contributed by atoms with Gasteiger partial charge in [0.05, 0.1) is 19.3 Å². The summed E-state index contributed by atoms with van der Waals surface area (Å²) < 4.78 is 11.4. The molecule has 0 bridgehead atoms. The third-order valence-electron chi connectivity index (χ3n) is 7.55. The number of benzene rings is 1. The van der Waals surface area contributed by atoms with Crippen LogP contribution in [0.3, 0.4) is 0 Å². The lowest BCUT2D eigenvalue weighted by atomic mass is 9.50. The molecule has 0 heterocycles. The number of hydrogen-bond acceptors (Lipinski definition) is 3. The predicted molar refractivity (Wildman–Crippen MR) is 113 cm³/mol. The standard InChI is InChI=1S/C24H37NO3/c1-7-25(8-2)22(26)18-14-17-10-11-21-23(3,16-27-5)12-9-13-24(21,4)19(17)15-20(18)28-6/h14-15,21H,7-13,16H2,1-6H3/t21-,23+,24+/m0/s1. The molecule has 1 aromatic rings. The van der Waals surface area contributed by atoms with Gasteiger partial charge in [0.15, 0.2) is 0 Å². The van der Waals surface area contributed by atoms with E-state index in [-0.39, 0.29) is 16.7 Å². The summed E-state index contributed by atoms with van der Waals surface area (Å²) in [6.07, 6.45) is 5.82. The molecular weight excluding hydrogens is 350 g/mol. The second kappa shape index (κ2) is 8.06. The van der Waals surface area contributed by atoms with Crippen LogP contribution < -0.4 is 4.74 Å². The van der Waals surface area contributed by atoms with E-state index >= 15 is 0 Å². The number of carbonyl (C=O) groups is 1. The highest BCUT2D eigenvalue weighted by Gasteiger charge is 2.52. The Balaban J connectivity index is 2.07. The summed E-state index contributed by atoms with van der Waals surface area (Å²) in [7, 11) is 3.50. The van der Waals surface area contributed by atoms with Gasteiger partial charge in [0.1, 0.15) is 5.75 Å². The maximum Gasteiger partial charge on any atom is 0.257 e. The largest absolute Gasteiger partial charge is 0.496 e. The Labute approximate surface area is 170 Å². The molecule has 1 aromatic carbocycles. The van der Waals surface area contributed by atoms with Crippen molar-refractivity contribution in [1.29, 1.82) is 0 Å². The summed E-state index contributed by atoms with van der Waals surface area (Å²) in [4.78, 5) is 14.9. The number of amides is 1.